The van der Waals surface area contributed by atoms with Crippen molar-refractivity contribution in [3.05, 3.63) is 17.5 Å². The Labute approximate surface area is 65.0 Å². The van der Waals surface area contributed by atoms with Gasteiger partial charge >= 0.3 is 0 Å². The van der Waals surface area contributed by atoms with Crippen molar-refractivity contribution in [2.24, 2.45) is 5.73 Å². The summed E-state index contributed by atoms with van der Waals surface area (Å²) in [7, 11) is 0. The first-order valence-corrected chi connectivity index (χ1v) is 3.39. The number of aryl methyl sites for hydroxylation is 2. The van der Waals surface area contributed by atoms with E-state index in [2.05, 4.69) is 5.10 Å². The summed E-state index contributed by atoms with van der Waals surface area (Å²) in [6.07, 6.45) is 0. The monoisotopic (exact) mass is 153 g/mol. The van der Waals surface area contributed by atoms with Gasteiger partial charge in [-0.2, -0.15) is 5.10 Å². The maximum atomic E-state index is 10.5. The largest absolute Gasteiger partial charge is 0.368 e. The second-order valence-corrected chi connectivity index (χ2v) is 2.55. The third kappa shape index (κ3) is 1.80. The Morgan fingerprint density at radius 2 is 2.36 bits per heavy atom. The van der Waals surface area contributed by atoms with Gasteiger partial charge in [-0.1, -0.05) is 0 Å². The summed E-state index contributed by atoms with van der Waals surface area (Å²) in [4.78, 5) is 10.5. The molecule has 0 bridgehead atoms. The zero-order chi connectivity index (χ0) is 8.43. The van der Waals surface area contributed by atoms with Crippen molar-refractivity contribution in [3.63, 3.8) is 0 Å². The van der Waals surface area contributed by atoms with Crippen molar-refractivity contribution >= 4 is 5.91 Å². The van der Waals surface area contributed by atoms with Crippen LogP contribution in [0.3, 0.4) is 0 Å². The van der Waals surface area contributed by atoms with Crippen molar-refractivity contribution in [2.75, 3.05) is 0 Å². The van der Waals surface area contributed by atoms with Crippen LogP contribution in [0.4, 0.5) is 0 Å². The number of primary amides is 1. The summed E-state index contributed by atoms with van der Waals surface area (Å²) in [6.45, 7) is 3.94. The van der Waals surface area contributed by atoms with Gasteiger partial charge in [0.15, 0.2) is 0 Å². The normalized spacial score (nSPS) is 10.0. The molecular formula is C7H11N3O. The highest BCUT2D eigenvalue weighted by Gasteiger charge is 2.02. The lowest BCUT2D eigenvalue weighted by Gasteiger charge is -1.98. The predicted octanol–water partition coefficient (Wildman–Crippen LogP) is -0.0148. The molecule has 2 N–H and O–H groups in total. The number of hydrogen-bond donors (Lipinski definition) is 1. The van der Waals surface area contributed by atoms with E-state index in [-0.39, 0.29) is 12.5 Å². The average Bonchev–Trinajstić information content (AvgIpc) is 2.09. The van der Waals surface area contributed by atoms with Gasteiger partial charge in [0.2, 0.25) is 5.91 Å². The van der Waals surface area contributed by atoms with Gasteiger partial charge in [0.1, 0.15) is 6.54 Å². The van der Waals surface area contributed by atoms with Crippen LogP contribution >= 0.6 is 0 Å². The molecule has 0 aliphatic rings. The predicted molar refractivity (Wildman–Crippen MR) is 40.9 cm³/mol. The van der Waals surface area contributed by atoms with Gasteiger partial charge in [0.05, 0.1) is 5.69 Å². The fraction of sp³-hybridized carbons (Fsp3) is 0.429. The molecule has 0 fully saturated rings. The molecule has 1 aromatic rings. The Bertz CT molecular complexity index is 277. The number of nitrogens with two attached hydrogens (primary N) is 1. The molecule has 11 heavy (non-hydrogen) atoms. The van der Waals surface area contributed by atoms with Crippen LogP contribution in [0.25, 0.3) is 0 Å². The molecule has 1 aromatic heterocycles. The lowest BCUT2D eigenvalue weighted by molar-refractivity contribution is -0.118. The number of rotatable bonds is 2. The Hall–Kier alpha value is -1.32. The van der Waals surface area contributed by atoms with E-state index >= 15 is 0 Å². The van der Waals surface area contributed by atoms with E-state index in [0.29, 0.717) is 0 Å². The smallest absolute Gasteiger partial charge is 0.239 e. The molecule has 4 heteroatoms. The van der Waals surface area contributed by atoms with E-state index in [0.717, 1.165) is 11.4 Å². The van der Waals surface area contributed by atoms with E-state index in [4.69, 9.17) is 5.73 Å². The fourth-order valence-corrected chi connectivity index (χ4v) is 0.983. The van der Waals surface area contributed by atoms with Crippen LogP contribution in [0.5, 0.6) is 0 Å². The molecule has 1 amide bonds. The third-order valence-electron chi connectivity index (χ3n) is 1.41. The minimum atomic E-state index is -0.365. The molecule has 0 aliphatic heterocycles. The van der Waals surface area contributed by atoms with Crippen molar-refractivity contribution in [1.29, 1.82) is 0 Å². The maximum Gasteiger partial charge on any atom is 0.239 e. The number of carbonyl (C=O) groups excluding carboxylic acids is 1. The molecule has 0 aliphatic carbocycles. The van der Waals surface area contributed by atoms with Crippen molar-refractivity contribution in [2.45, 2.75) is 20.4 Å². The highest BCUT2D eigenvalue weighted by molar-refractivity contribution is 5.73. The maximum absolute atomic E-state index is 10.5. The van der Waals surface area contributed by atoms with Crippen LogP contribution in [0.1, 0.15) is 11.4 Å². The zero-order valence-electron chi connectivity index (χ0n) is 6.66. The van der Waals surface area contributed by atoms with Gasteiger partial charge in [0.25, 0.3) is 0 Å². The number of hydrogen-bond acceptors (Lipinski definition) is 2. The summed E-state index contributed by atoms with van der Waals surface area (Å²) >= 11 is 0. The molecule has 1 rings (SSSR count). The molecule has 0 saturated heterocycles. The Balaban J connectivity index is 2.85. The molecule has 1 heterocycles. The molecule has 60 valence electrons. The first-order chi connectivity index (χ1) is 5.09. The summed E-state index contributed by atoms with van der Waals surface area (Å²) < 4.78 is 1.59. The highest BCUT2D eigenvalue weighted by atomic mass is 16.1. The second kappa shape index (κ2) is 2.74. The Morgan fingerprint density at radius 3 is 2.73 bits per heavy atom. The van der Waals surface area contributed by atoms with E-state index in [1.54, 1.807) is 4.68 Å². The summed E-state index contributed by atoms with van der Waals surface area (Å²) in [5.74, 6) is -0.365. The lowest BCUT2D eigenvalue weighted by Crippen LogP contribution is -2.20. The molecule has 0 aromatic carbocycles. The number of carbonyl (C=O) groups is 1. The minimum absolute atomic E-state index is 0.166. The van der Waals surface area contributed by atoms with Crippen LogP contribution in [0.15, 0.2) is 6.07 Å². The molecule has 4 nitrogen and oxygen atoms in total. The average molecular weight is 153 g/mol. The topological polar surface area (TPSA) is 60.9 Å². The molecule has 0 radical (unpaired) electrons. The van der Waals surface area contributed by atoms with Gasteiger partial charge < -0.3 is 5.73 Å². The summed E-state index contributed by atoms with van der Waals surface area (Å²) in [5, 5.41) is 4.07. The van der Waals surface area contributed by atoms with Gasteiger partial charge in [0, 0.05) is 5.69 Å². The van der Waals surface area contributed by atoms with E-state index in [1.165, 1.54) is 0 Å². The van der Waals surface area contributed by atoms with E-state index in [9.17, 15) is 4.79 Å². The van der Waals surface area contributed by atoms with E-state index in [1.807, 2.05) is 19.9 Å². The molecule has 0 atom stereocenters. The van der Waals surface area contributed by atoms with Crippen molar-refractivity contribution < 1.29 is 4.79 Å². The van der Waals surface area contributed by atoms with Crippen LogP contribution in [-0.4, -0.2) is 15.7 Å². The summed E-state index contributed by atoms with van der Waals surface area (Å²) in [5.41, 5.74) is 6.87. The Morgan fingerprint density at radius 1 is 1.73 bits per heavy atom. The van der Waals surface area contributed by atoms with Gasteiger partial charge in [-0.15, -0.1) is 0 Å². The van der Waals surface area contributed by atoms with Crippen LogP contribution in [0.2, 0.25) is 0 Å². The Kier molecular flexibility index (Phi) is 1.94. The van der Waals surface area contributed by atoms with E-state index < -0.39 is 0 Å². The molecule has 0 saturated carbocycles. The van der Waals surface area contributed by atoms with Crippen LogP contribution in [0, 0.1) is 13.8 Å². The van der Waals surface area contributed by atoms with Crippen LogP contribution in [-0.2, 0) is 11.3 Å². The third-order valence-corrected chi connectivity index (χ3v) is 1.41. The number of aromatic nitrogens is 2. The van der Waals surface area contributed by atoms with Crippen LogP contribution < -0.4 is 5.73 Å². The minimum Gasteiger partial charge on any atom is -0.368 e. The lowest BCUT2D eigenvalue weighted by atomic mass is 10.4. The number of nitrogens with zero attached hydrogens (tertiary/aromatic N) is 2. The van der Waals surface area contributed by atoms with Gasteiger partial charge in [-0.05, 0) is 19.9 Å². The first kappa shape index (κ1) is 7.78. The van der Waals surface area contributed by atoms with Gasteiger partial charge in [-0.3, -0.25) is 9.48 Å². The quantitative estimate of drug-likeness (QED) is 0.649. The second-order valence-electron chi connectivity index (χ2n) is 2.55. The number of amides is 1. The SMILES string of the molecule is Cc1cc(C)n(CC(N)=O)n1. The van der Waals surface area contributed by atoms with Gasteiger partial charge in [-0.25, -0.2) is 0 Å². The van der Waals surface area contributed by atoms with Crippen molar-refractivity contribution in [3.8, 4) is 0 Å². The highest BCUT2D eigenvalue weighted by Crippen LogP contribution is 2.00. The molecule has 0 unspecified atom stereocenters. The molecule has 0 spiro atoms. The standard InChI is InChI=1S/C7H11N3O/c1-5-3-6(2)10(9-5)4-7(8)11/h3H,4H2,1-2H3,(H2,8,11). The molecular weight excluding hydrogens is 142 g/mol. The first-order valence-electron chi connectivity index (χ1n) is 3.39. The zero-order valence-corrected chi connectivity index (χ0v) is 6.66. The van der Waals surface area contributed by atoms with Crippen molar-refractivity contribution in [1.82, 2.24) is 9.78 Å². The summed E-state index contributed by atoms with van der Waals surface area (Å²) in [6, 6.07) is 1.91. The fourth-order valence-electron chi connectivity index (χ4n) is 0.983.